The monoisotopic (exact) mass is 270 g/mol. The van der Waals surface area contributed by atoms with Gasteiger partial charge in [0.05, 0.1) is 11.9 Å². The second-order valence-corrected chi connectivity index (χ2v) is 6.15. The van der Waals surface area contributed by atoms with E-state index in [2.05, 4.69) is 37.8 Å². The van der Waals surface area contributed by atoms with Crippen molar-refractivity contribution in [2.24, 2.45) is 5.92 Å². The van der Waals surface area contributed by atoms with Gasteiger partial charge in [-0.3, -0.25) is 9.30 Å². The van der Waals surface area contributed by atoms with Crippen molar-refractivity contribution >= 4 is 5.65 Å². The lowest BCUT2D eigenvalue weighted by Gasteiger charge is -2.30. The normalized spacial score (nSPS) is 20.6. The summed E-state index contributed by atoms with van der Waals surface area (Å²) in [5, 5.41) is 3.45. The molecule has 0 unspecified atom stereocenters. The van der Waals surface area contributed by atoms with Gasteiger partial charge < -0.3 is 5.32 Å². The number of imidazole rings is 1. The number of pyridine rings is 1. The average Bonchev–Trinajstić information content (AvgIpc) is 2.91. The summed E-state index contributed by atoms with van der Waals surface area (Å²) >= 11 is 0. The summed E-state index contributed by atoms with van der Waals surface area (Å²) in [7, 11) is 0. The molecule has 4 heteroatoms. The maximum atomic E-state index is 4.50. The van der Waals surface area contributed by atoms with Crippen molar-refractivity contribution in [2.75, 3.05) is 19.6 Å². The molecule has 106 valence electrons. The van der Waals surface area contributed by atoms with Crippen LogP contribution in [0.2, 0.25) is 0 Å². The molecule has 0 aliphatic carbocycles. The number of nitrogens with one attached hydrogen (secondary N) is 1. The molecule has 2 aliphatic rings. The molecule has 0 radical (unpaired) electrons. The van der Waals surface area contributed by atoms with Gasteiger partial charge in [0, 0.05) is 18.8 Å². The lowest BCUT2D eigenvalue weighted by molar-refractivity contribution is 0.205. The molecule has 20 heavy (non-hydrogen) atoms. The highest BCUT2D eigenvalue weighted by molar-refractivity contribution is 5.43. The van der Waals surface area contributed by atoms with Crippen molar-refractivity contribution in [1.82, 2.24) is 19.6 Å². The maximum absolute atomic E-state index is 4.50. The fourth-order valence-corrected chi connectivity index (χ4v) is 3.61. The molecule has 2 aromatic heterocycles. The molecule has 0 bridgehead atoms. The number of piperidine rings is 1. The van der Waals surface area contributed by atoms with Crippen LogP contribution in [-0.4, -0.2) is 33.9 Å². The van der Waals surface area contributed by atoms with Crippen LogP contribution in [0.25, 0.3) is 5.65 Å². The zero-order chi connectivity index (χ0) is 13.4. The smallest absolute Gasteiger partial charge is 0.137 e. The minimum atomic E-state index is 0.916. The van der Waals surface area contributed by atoms with E-state index in [1.165, 1.54) is 50.3 Å². The summed E-state index contributed by atoms with van der Waals surface area (Å²) < 4.78 is 2.32. The van der Waals surface area contributed by atoms with Crippen molar-refractivity contribution < 1.29 is 0 Å². The second-order valence-electron chi connectivity index (χ2n) is 6.15. The summed E-state index contributed by atoms with van der Waals surface area (Å²) in [4.78, 5) is 7.08. The van der Waals surface area contributed by atoms with Gasteiger partial charge in [0.2, 0.25) is 0 Å². The third-order valence-electron chi connectivity index (χ3n) is 4.77. The number of nitrogens with zero attached hydrogens (tertiary/aromatic N) is 3. The van der Waals surface area contributed by atoms with Gasteiger partial charge in [-0.1, -0.05) is 6.07 Å². The summed E-state index contributed by atoms with van der Waals surface area (Å²) in [6.45, 7) is 5.73. The molecule has 4 rings (SSSR count). The van der Waals surface area contributed by atoms with Gasteiger partial charge in [0.1, 0.15) is 5.65 Å². The molecule has 1 saturated heterocycles. The van der Waals surface area contributed by atoms with E-state index in [4.69, 9.17) is 0 Å². The van der Waals surface area contributed by atoms with E-state index in [0.29, 0.717) is 0 Å². The first-order chi connectivity index (χ1) is 9.90. The molecule has 1 fully saturated rings. The van der Waals surface area contributed by atoms with Crippen molar-refractivity contribution in [1.29, 1.82) is 0 Å². The predicted molar refractivity (Wildman–Crippen MR) is 79.5 cm³/mol. The van der Waals surface area contributed by atoms with Crippen LogP contribution < -0.4 is 5.32 Å². The Labute approximate surface area is 119 Å². The van der Waals surface area contributed by atoms with E-state index in [0.717, 1.165) is 24.7 Å². The summed E-state index contributed by atoms with van der Waals surface area (Å²) in [5.74, 6) is 0.916. The highest BCUT2D eigenvalue weighted by Gasteiger charge is 2.20. The topological polar surface area (TPSA) is 32.6 Å². The third-order valence-corrected chi connectivity index (χ3v) is 4.77. The number of hydrogen-bond donors (Lipinski definition) is 1. The first kappa shape index (κ1) is 12.4. The van der Waals surface area contributed by atoms with Crippen LogP contribution in [0.1, 0.15) is 30.7 Å². The number of rotatable bonds is 3. The van der Waals surface area contributed by atoms with E-state index in [1.807, 2.05) is 6.20 Å². The predicted octanol–water partition coefficient (Wildman–Crippen LogP) is 2.04. The van der Waals surface area contributed by atoms with Gasteiger partial charge in [-0.05, 0) is 56.9 Å². The molecule has 0 spiro atoms. The van der Waals surface area contributed by atoms with Crippen molar-refractivity contribution in [2.45, 2.75) is 32.4 Å². The Morgan fingerprint density at radius 1 is 1.15 bits per heavy atom. The SMILES string of the molecule is c1cc2n3c(cnc3c1)CN(CCC1CCNCC1)C2. The minimum absolute atomic E-state index is 0.916. The van der Waals surface area contributed by atoms with Gasteiger partial charge in [-0.2, -0.15) is 0 Å². The summed E-state index contributed by atoms with van der Waals surface area (Å²) in [5.41, 5.74) is 3.81. The summed E-state index contributed by atoms with van der Waals surface area (Å²) in [6.07, 6.45) is 6.07. The van der Waals surface area contributed by atoms with E-state index < -0.39 is 0 Å². The van der Waals surface area contributed by atoms with Gasteiger partial charge in [-0.25, -0.2) is 4.98 Å². The highest BCUT2D eigenvalue weighted by Crippen LogP contribution is 2.22. The van der Waals surface area contributed by atoms with Crippen molar-refractivity contribution in [3.8, 4) is 0 Å². The van der Waals surface area contributed by atoms with Crippen molar-refractivity contribution in [3.63, 3.8) is 0 Å². The summed E-state index contributed by atoms with van der Waals surface area (Å²) in [6, 6.07) is 6.45. The minimum Gasteiger partial charge on any atom is -0.317 e. The van der Waals surface area contributed by atoms with Gasteiger partial charge in [0.25, 0.3) is 0 Å². The quantitative estimate of drug-likeness (QED) is 0.926. The van der Waals surface area contributed by atoms with E-state index >= 15 is 0 Å². The molecule has 2 aliphatic heterocycles. The fraction of sp³-hybridized carbons (Fsp3) is 0.562. The van der Waals surface area contributed by atoms with E-state index in [-0.39, 0.29) is 0 Å². The Hall–Kier alpha value is -1.39. The zero-order valence-electron chi connectivity index (χ0n) is 11.9. The van der Waals surface area contributed by atoms with E-state index in [1.54, 1.807) is 0 Å². The Bertz CT molecular complexity index is 598. The van der Waals surface area contributed by atoms with Gasteiger partial charge >= 0.3 is 0 Å². The Morgan fingerprint density at radius 2 is 2.00 bits per heavy atom. The van der Waals surface area contributed by atoms with Crippen LogP contribution in [0, 0.1) is 5.92 Å². The standard InChI is InChI=1S/C16H22N4/c1-2-14-11-19(9-6-13-4-7-17-8-5-13)12-15-10-18-16(3-1)20(14)15/h1-3,10,13,17H,4-9,11-12H2. The fourth-order valence-electron chi connectivity index (χ4n) is 3.61. The average molecular weight is 270 g/mol. The zero-order valence-corrected chi connectivity index (χ0v) is 11.9. The van der Waals surface area contributed by atoms with Gasteiger partial charge in [0.15, 0.2) is 0 Å². The van der Waals surface area contributed by atoms with E-state index in [9.17, 15) is 0 Å². The Morgan fingerprint density at radius 3 is 2.90 bits per heavy atom. The molecule has 0 aromatic carbocycles. The van der Waals surface area contributed by atoms with Crippen LogP contribution >= 0.6 is 0 Å². The second kappa shape index (κ2) is 5.19. The number of hydrogen-bond acceptors (Lipinski definition) is 3. The molecular formula is C16H22N4. The third kappa shape index (κ3) is 2.23. The first-order valence-electron chi connectivity index (χ1n) is 7.77. The van der Waals surface area contributed by atoms with Crippen LogP contribution in [0.4, 0.5) is 0 Å². The molecular weight excluding hydrogens is 248 g/mol. The molecule has 0 atom stereocenters. The van der Waals surface area contributed by atoms with Crippen LogP contribution in [0.5, 0.6) is 0 Å². The lowest BCUT2D eigenvalue weighted by Crippen LogP contribution is -2.33. The Balaban J connectivity index is 1.44. The first-order valence-corrected chi connectivity index (χ1v) is 7.77. The Kier molecular flexibility index (Phi) is 3.20. The molecule has 0 amide bonds. The maximum Gasteiger partial charge on any atom is 0.137 e. The van der Waals surface area contributed by atoms with Crippen LogP contribution in [-0.2, 0) is 13.1 Å². The molecule has 4 nitrogen and oxygen atoms in total. The number of aromatic nitrogens is 2. The van der Waals surface area contributed by atoms with Gasteiger partial charge in [-0.15, -0.1) is 0 Å². The lowest BCUT2D eigenvalue weighted by atomic mass is 9.94. The molecule has 2 aromatic rings. The molecule has 4 heterocycles. The molecule has 1 N–H and O–H groups in total. The highest BCUT2D eigenvalue weighted by atomic mass is 15.2. The van der Waals surface area contributed by atoms with Crippen LogP contribution in [0.15, 0.2) is 24.4 Å². The molecule has 0 saturated carbocycles. The largest absolute Gasteiger partial charge is 0.317 e. The van der Waals surface area contributed by atoms with Crippen LogP contribution in [0.3, 0.4) is 0 Å². The van der Waals surface area contributed by atoms with Crippen molar-refractivity contribution in [3.05, 3.63) is 35.8 Å².